The van der Waals surface area contributed by atoms with Crippen LogP contribution in [0.1, 0.15) is 66.9 Å². The third-order valence-corrected chi connectivity index (χ3v) is 15.1. The maximum absolute atomic E-state index is 14.3. The van der Waals surface area contributed by atoms with E-state index in [1.807, 2.05) is 30.3 Å². The van der Waals surface area contributed by atoms with Crippen LogP contribution in [0.2, 0.25) is 18.1 Å². The first-order valence-corrected chi connectivity index (χ1v) is 20.5. The normalized spacial score (nSPS) is 36.0. The number of nitrogens with zero attached hydrogens (tertiary/aromatic N) is 1. The van der Waals surface area contributed by atoms with E-state index < -0.39 is 86.8 Å². The molecule has 0 spiro atoms. The number of carbonyl (C=O) groups is 2. The summed E-state index contributed by atoms with van der Waals surface area (Å²) in [5, 5.41) is 12.7. The van der Waals surface area contributed by atoms with Gasteiger partial charge in [0.15, 0.2) is 31.9 Å². The van der Waals surface area contributed by atoms with Gasteiger partial charge >= 0.3 is 6.09 Å². The molecule has 15 heteroatoms. The molecule has 14 nitrogen and oxygen atoms in total. The summed E-state index contributed by atoms with van der Waals surface area (Å²) in [6.07, 6.45) is -6.81. The van der Waals surface area contributed by atoms with Gasteiger partial charge in [0.05, 0.1) is 6.10 Å². The van der Waals surface area contributed by atoms with E-state index in [1.54, 1.807) is 27.7 Å². The Balaban J connectivity index is 1.53. The monoisotopic (exact) mass is 739 g/mol. The molecule has 0 bridgehead atoms. The van der Waals surface area contributed by atoms with Crippen LogP contribution in [0.4, 0.5) is 4.79 Å². The first kappa shape index (κ1) is 40.2. The van der Waals surface area contributed by atoms with Gasteiger partial charge in [-0.2, -0.15) is 0 Å². The summed E-state index contributed by atoms with van der Waals surface area (Å²) in [5.74, 6) is -2.12. The Morgan fingerprint density at radius 3 is 2.20 bits per heavy atom. The molecule has 1 aromatic carbocycles. The molecule has 1 N–H and O–H groups in total. The van der Waals surface area contributed by atoms with Crippen molar-refractivity contribution in [3.63, 3.8) is 0 Å². The summed E-state index contributed by atoms with van der Waals surface area (Å²) in [7, 11) is 0.434. The van der Waals surface area contributed by atoms with Crippen LogP contribution in [0, 0.1) is 0 Å². The zero-order valence-electron chi connectivity index (χ0n) is 31.8. The van der Waals surface area contributed by atoms with E-state index in [1.165, 1.54) is 14.2 Å². The second-order valence-corrected chi connectivity index (χ2v) is 21.0. The number of rotatable bonds is 12. The highest BCUT2D eigenvalue weighted by Crippen LogP contribution is 2.49. The zero-order chi connectivity index (χ0) is 37.6. The quantitative estimate of drug-likeness (QED) is 0.183. The highest BCUT2D eigenvalue weighted by Gasteiger charge is 2.67. The van der Waals surface area contributed by atoms with Crippen molar-refractivity contribution < 1.29 is 61.8 Å². The maximum Gasteiger partial charge on any atom is 0.413 e. The van der Waals surface area contributed by atoms with Gasteiger partial charge in [-0.25, -0.2) is 4.79 Å². The van der Waals surface area contributed by atoms with Gasteiger partial charge in [0, 0.05) is 20.6 Å². The van der Waals surface area contributed by atoms with E-state index in [-0.39, 0.29) is 31.3 Å². The van der Waals surface area contributed by atoms with E-state index in [2.05, 4.69) is 33.9 Å². The first-order valence-electron chi connectivity index (χ1n) is 17.6. The van der Waals surface area contributed by atoms with Crippen LogP contribution < -0.4 is 0 Å². The third kappa shape index (κ3) is 8.23. The number of carbonyl (C=O) groups excluding carboxylic acids is 2. The van der Waals surface area contributed by atoms with E-state index in [4.69, 9.17) is 47.1 Å². The predicted octanol–water partition coefficient (Wildman–Crippen LogP) is 4.47. The number of likely N-dealkylation sites (tertiary alicyclic amines) is 1. The van der Waals surface area contributed by atoms with Gasteiger partial charge < -0.3 is 57.0 Å². The number of hydrogen-bond acceptors (Lipinski definition) is 13. The van der Waals surface area contributed by atoms with Gasteiger partial charge in [0.2, 0.25) is 0 Å². The lowest BCUT2D eigenvalue weighted by Gasteiger charge is -2.55. The Morgan fingerprint density at radius 2 is 1.59 bits per heavy atom. The number of amides is 1. The van der Waals surface area contributed by atoms with Gasteiger partial charge in [0.25, 0.3) is 0 Å². The van der Waals surface area contributed by atoms with E-state index in [9.17, 15) is 14.7 Å². The molecule has 4 fully saturated rings. The lowest BCUT2D eigenvalue weighted by atomic mass is 9.82. The highest BCUT2D eigenvalue weighted by molar-refractivity contribution is 6.74. The number of aliphatic hydroxyl groups is 1. The lowest BCUT2D eigenvalue weighted by molar-refractivity contribution is -0.289. The Kier molecular flexibility index (Phi) is 11.8. The molecule has 0 radical (unpaired) electrons. The molecule has 0 aliphatic carbocycles. The number of benzene rings is 1. The number of fused-ring (bicyclic) bond motifs is 2. The smallest absolute Gasteiger partial charge is 0.413 e. The van der Waals surface area contributed by atoms with Gasteiger partial charge in [0.1, 0.15) is 62.4 Å². The summed E-state index contributed by atoms with van der Waals surface area (Å²) in [5.41, 5.74) is -1.40. The number of piperidine rings is 1. The van der Waals surface area contributed by atoms with Crippen LogP contribution in [-0.2, 0) is 58.5 Å². The van der Waals surface area contributed by atoms with Gasteiger partial charge in [-0.15, -0.1) is 0 Å². The maximum atomic E-state index is 14.3. The van der Waals surface area contributed by atoms with Crippen molar-refractivity contribution >= 4 is 20.7 Å². The number of hydrogen-bond donors (Lipinski definition) is 1. The fourth-order valence-corrected chi connectivity index (χ4v) is 8.50. The van der Waals surface area contributed by atoms with Crippen molar-refractivity contribution in [2.24, 2.45) is 0 Å². The summed E-state index contributed by atoms with van der Waals surface area (Å²) >= 11 is 0. The van der Waals surface area contributed by atoms with Crippen molar-refractivity contribution in [1.29, 1.82) is 0 Å². The second-order valence-electron chi connectivity index (χ2n) is 16.2. The molecule has 288 valence electrons. The molecule has 10 atom stereocenters. The summed E-state index contributed by atoms with van der Waals surface area (Å²) in [4.78, 5) is 28.6. The summed E-state index contributed by atoms with van der Waals surface area (Å²) in [6.45, 7) is 17.2. The molecular formula is C36H57NO13Si. The van der Waals surface area contributed by atoms with Crippen molar-refractivity contribution in [2.45, 2.75) is 158 Å². The molecule has 4 saturated heterocycles. The number of methoxy groups -OCH3 is 2. The molecule has 0 aromatic heterocycles. The summed E-state index contributed by atoms with van der Waals surface area (Å²) in [6, 6.07) is 7.87. The molecule has 1 amide bonds. The van der Waals surface area contributed by atoms with Crippen LogP contribution in [0.15, 0.2) is 30.3 Å². The van der Waals surface area contributed by atoms with Crippen LogP contribution >= 0.6 is 0 Å². The van der Waals surface area contributed by atoms with Crippen LogP contribution in [0.5, 0.6) is 0 Å². The van der Waals surface area contributed by atoms with Crippen molar-refractivity contribution in [3.8, 4) is 0 Å². The molecule has 51 heavy (non-hydrogen) atoms. The fourth-order valence-electron chi connectivity index (χ4n) is 7.19. The molecule has 4 heterocycles. The molecule has 6 unspecified atom stereocenters. The minimum Gasteiger partial charge on any atom is -0.444 e. The minimum atomic E-state index is -2.58. The van der Waals surface area contributed by atoms with E-state index in [0.29, 0.717) is 6.29 Å². The van der Waals surface area contributed by atoms with Gasteiger partial charge in [-0.3, -0.25) is 4.90 Å². The van der Waals surface area contributed by atoms with Crippen LogP contribution in [0.25, 0.3) is 0 Å². The lowest BCUT2D eigenvalue weighted by Crippen LogP contribution is -2.75. The standard InChI is InChI=1S/C36H57NO13Si/c1-33(2,3)51(10,11)50-25-23(19-38)37(32(39)43-20-22-15-13-12-14-16-22)36(40,30-28(25)47-35(6,7)49-30)18-17-24-26(44-21-41-8)27-29(31(42-9)45-24)48-34(4,5)46-27/h12-16,19,23-31,40H,17-18,20-21H2,1-11H3/t23?,24?,25-,26-,27?,28?,29?,30?,31+,36-/m1/s1. The molecule has 1 aromatic rings. The van der Waals surface area contributed by atoms with Gasteiger partial charge in [-0.1, -0.05) is 51.1 Å². The number of ether oxygens (including phenoxy) is 9. The topological polar surface area (TPSA) is 150 Å². The first-order chi connectivity index (χ1) is 23.8. The number of aldehydes is 1. The SMILES string of the molecule is COCO[C@@H]1C(CC[C@@]2(O)C3OC(C)(C)OC3[C@H](O[Si](C)(C)C(C)(C)C)C(C=O)N2C(=O)OCc2ccccc2)O[C@H](OC)C2OC(C)(C)OC21. The van der Waals surface area contributed by atoms with Crippen LogP contribution in [-0.4, -0.2) is 124 Å². The second kappa shape index (κ2) is 15.0. The molecule has 4 aliphatic rings. The molecule has 4 aliphatic heterocycles. The van der Waals surface area contributed by atoms with E-state index in [0.717, 1.165) is 10.5 Å². The predicted molar refractivity (Wildman–Crippen MR) is 185 cm³/mol. The Hall–Kier alpha value is -2.02. The Morgan fingerprint density at radius 1 is 0.961 bits per heavy atom. The van der Waals surface area contributed by atoms with Crippen molar-refractivity contribution in [1.82, 2.24) is 4.90 Å². The molecule has 0 saturated carbocycles. The summed E-state index contributed by atoms with van der Waals surface area (Å²) < 4.78 is 61.4. The van der Waals surface area contributed by atoms with E-state index >= 15 is 0 Å². The van der Waals surface area contributed by atoms with Crippen LogP contribution in [0.3, 0.4) is 0 Å². The minimum absolute atomic E-state index is 0.0626. The van der Waals surface area contributed by atoms with Crippen molar-refractivity contribution in [2.75, 3.05) is 21.0 Å². The highest BCUT2D eigenvalue weighted by atomic mass is 28.4. The average Bonchev–Trinajstić information content (AvgIpc) is 3.57. The van der Waals surface area contributed by atoms with Gasteiger partial charge in [-0.05, 0) is 57.8 Å². The Bertz CT molecular complexity index is 1360. The molecule has 5 rings (SSSR count). The largest absolute Gasteiger partial charge is 0.444 e. The van der Waals surface area contributed by atoms with Crippen molar-refractivity contribution in [3.05, 3.63) is 35.9 Å². The molecular weight excluding hydrogens is 682 g/mol. The zero-order valence-corrected chi connectivity index (χ0v) is 32.8. The Labute approximate surface area is 302 Å². The fraction of sp³-hybridized carbons (Fsp3) is 0.778. The third-order valence-electron chi connectivity index (χ3n) is 10.6. The average molecular weight is 740 g/mol.